The van der Waals surface area contributed by atoms with E-state index in [-0.39, 0.29) is 5.91 Å². The molecular weight excluding hydrogens is 198 g/mol. The van der Waals surface area contributed by atoms with Crippen LogP contribution in [0, 0.1) is 0 Å². The Morgan fingerprint density at radius 1 is 1.00 bits per heavy atom. The number of carbonyl (C=O) groups excluding carboxylic acids is 1. The van der Waals surface area contributed by atoms with Gasteiger partial charge in [0.1, 0.15) is 0 Å². The van der Waals surface area contributed by atoms with E-state index in [4.69, 9.17) is 0 Å². The van der Waals surface area contributed by atoms with Crippen LogP contribution >= 0.6 is 0 Å². The Morgan fingerprint density at radius 2 is 1.75 bits per heavy atom. The van der Waals surface area contributed by atoms with Crippen LogP contribution in [0.15, 0.2) is 42.5 Å². The van der Waals surface area contributed by atoms with Gasteiger partial charge < -0.3 is 4.90 Å². The first-order valence-electron chi connectivity index (χ1n) is 5.63. The summed E-state index contributed by atoms with van der Waals surface area (Å²) >= 11 is 0. The van der Waals surface area contributed by atoms with Crippen LogP contribution in [0.25, 0.3) is 10.8 Å². The van der Waals surface area contributed by atoms with Crippen LogP contribution in [0.5, 0.6) is 0 Å². The van der Waals surface area contributed by atoms with Crippen LogP contribution in [0.3, 0.4) is 0 Å². The Balaban J connectivity index is 2.12. The highest BCUT2D eigenvalue weighted by Gasteiger charge is 2.22. The van der Waals surface area contributed by atoms with Crippen LogP contribution in [0.1, 0.15) is 16.8 Å². The maximum atomic E-state index is 12.2. The highest BCUT2D eigenvalue weighted by atomic mass is 16.2. The molecule has 2 nitrogen and oxygen atoms in total. The van der Waals surface area contributed by atoms with E-state index in [1.54, 1.807) is 0 Å². The number of carbonyl (C=O) groups is 1. The van der Waals surface area contributed by atoms with E-state index < -0.39 is 0 Å². The predicted octanol–water partition coefficient (Wildman–Crippen LogP) is 2.69. The third kappa shape index (κ3) is 1.38. The van der Waals surface area contributed by atoms with Crippen molar-refractivity contribution >= 4 is 16.7 Å². The van der Waals surface area contributed by atoms with E-state index in [1.807, 2.05) is 47.4 Å². The van der Waals surface area contributed by atoms with E-state index >= 15 is 0 Å². The Hall–Kier alpha value is -1.83. The molecule has 3 rings (SSSR count). The second-order valence-corrected chi connectivity index (χ2v) is 4.17. The van der Waals surface area contributed by atoms with Crippen molar-refractivity contribution in [2.45, 2.75) is 6.42 Å². The zero-order chi connectivity index (χ0) is 11.0. The van der Waals surface area contributed by atoms with E-state index in [2.05, 4.69) is 0 Å². The van der Waals surface area contributed by atoms with Gasteiger partial charge in [0.15, 0.2) is 0 Å². The minimum absolute atomic E-state index is 0.169. The summed E-state index contributed by atoms with van der Waals surface area (Å²) in [5, 5.41) is 2.19. The van der Waals surface area contributed by atoms with Crippen LogP contribution in [0.4, 0.5) is 0 Å². The first-order chi connectivity index (χ1) is 7.86. The molecule has 0 radical (unpaired) electrons. The summed E-state index contributed by atoms with van der Waals surface area (Å²) in [6.07, 6.45) is 1.14. The van der Waals surface area contributed by atoms with Crippen molar-refractivity contribution in [2.24, 2.45) is 0 Å². The first kappa shape index (κ1) is 9.40. The lowest BCUT2D eigenvalue weighted by molar-refractivity contribution is 0.0654. The van der Waals surface area contributed by atoms with E-state index in [9.17, 15) is 4.79 Å². The van der Waals surface area contributed by atoms with Crippen LogP contribution in [-0.4, -0.2) is 23.9 Å². The fraction of sp³-hybridized carbons (Fsp3) is 0.214. The van der Waals surface area contributed by atoms with Crippen molar-refractivity contribution in [3.63, 3.8) is 0 Å². The maximum Gasteiger partial charge on any atom is 0.254 e. The van der Waals surface area contributed by atoms with Gasteiger partial charge >= 0.3 is 0 Å². The van der Waals surface area contributed by atoms with Crippen LogP contribution < -0.4 is 0 Å². The first-order valence-corrected chi connectivity index (χ1v) is 5.63. The third-order valence-electron chi connectivity index (χ3n) is 3.16. The standard InChI is InChI=1S/C14H13NO/c16-14(15-9-4-10-15)13-8-3-6-11-5-1-2-7-12(11)13/h1-3,5-8H,4,9-10H2. The fourth-order valence-corrected chi connectivity index (χ4v) is 2.10. The largest absolute Gasteiger partial charge is 0.338 e. The molecule has 0 atom stereocenters. The molecule has 1 heterocycles. The molecule has 0 aromatic heterocycles. The molecule has 1 amide bonds. The predicted molar refractivity (Wildman–Crippen MR) is 64.5 cm³/mol. The maximum absolute atomic E-state index is 12.2. The smallest absolute Gasteiger partial charge is 0.254 e. The summed E-state index contributed by atoms with van der Waals surface area (Å²) in [5.74, 6) is 0.169. The average Bonchev–Trinajstić information content (AvgIpc) is 2.26. The van der Waals surface area contributed by atoms with Crippen molar-refractivity contribution in [1.82, 2.24) is 4.90 Å². The lowest BCUT2D eigenvalue weighted by Crippen LogP contribution is -2.42. The Labute approximate surface area is 94.5 Å². The number of hydrogen-bond acceptors (Lipinski definition) is 1. The molecule has 1 fully saturated rings. The highest BCUT2D eigenvalue weighted by Crippen LogP contribution is 2.21. The molecule has 0 N–H and O–H groups in total. The summed E-state index contributed by atoms with van der Waals surface area (Å²) in [7, 11) is 0. The third-order valence-corrected chi connectivity index (χ3v) is 3.16. The molecule has 0 spiro atoms. The van der Waals surface area contributed by atoms with Crippen molar-refractivity contribution in [3.8, 4) is 0 Å². The topological polar surface area (TPSA) is 20.3 Å². The van der Waals surface area contributed by atoms with E-state index in [0.29, 0.717) is 0 Å². The molecule has 2 aromatic rings. The Kier molecular flexibility index (Phi) is 2.13. The minimum atomic E-state index is 0.169. The molecule has 2 aromatic carbocycles. The van der Waals surface area contributed by atoms with Crippen LogP contribution in [0.2, 0.25) is 0 Å². The fourth-order valence-electron chi connectivity index (χ4n) is 2.10. The quantitative estimate of drug-likeness (QED) is 0.710. The average molecular weight is 211 g/mol. The summed E-state index contributed by atoms with van der Waals surface area (Å²) in [4.78, 5) is 14.1. The number of rotatable bonds is 1. The number of amides is 1. The second kappa shape index (κ2) is 3.63. The number of benzene rings is 2. The van der Waals surface area contributed by atoms with Gasteiger partial charge in [0.25, 0.3) is 5.91 Å². The van der Waals surface area contributed by atoms with Gasteiger partial charge in [-0.15, -0.1) is 0 Å². The molecule has 0 aliphatic carbocycles. The second-order valence-electron chi connectivity index (χ2n) is 4.17. The van der Waals surface area contributed by atoms with Crippen LogP contribution in [-0.2, 0) is 0 Å². The summed E-state index contributed by atoms with van der Waals surface area (Å²) in [6.45, 7) is 1.81. The highest BCUT2D eigenvalue weighted by molar-refractivity contribution is 6.07. The molecule has 1 aliphatic heterocycles. The zero-order valence-corrected chi connectivity index (χ0v) is 9.02. The van der Waals surface area contributed by atoms with Crippen molar-refractivity contribution in [2.75, 3.05) is 13.1 Å². The summed E-state index contributed by atoms with van der Waals surface area (Å²) < 4.78 is 0. The number of likely N-dealkylation sites (tertiary alicyclic amines) is 1. The normalized spacial score (nSPS) is 14.9. The van der Waals surface area contributed by atoms with Crippen molar-refractivity contribution in [3.05, 3.63) is 48.0 Å². The van der Waals surface area contributed by atoms with Crippen molar-refractivity contribution < 1.29 is 4.79 Å². The molecular formula is C14H13NO. The molecule has 2 heteroatoms. The molecule has 0 saturated carbocycles. The van der Waals surface area contributed by atoms with Gasteiger partial charge in [0.2, 0.25) is 0 Å². The van der Waals surface area contributed by atoms with Gasteiger partial charge in [-0.25, -0.2) is 0 Å². The summed E-state index contributed by atoms with van der Waals surface area (Å²) in [6, 6.07) is 14.0. The Morgan fingerprint density at radius 3 is 2.50 bits per heavy atom. The molecule has 80 valence electrons. The lowest BCUT2D eigenvalue weighted by atomic mass is 10.0. The monoisotopic (exact) mass is 211 g/mol. The molecule has 16 heavy (non-hydrogen) atoms. The van der Waals surface area contributed by atoms with Gasteiger partial charge in [-0.2, -0.15) is 0 Å². The van der Waals surface area contributed by atoms with Gasteiger partial charge in [-0.05, 0) is 23.3 Å². The molecule has 1 aliphatic rings. The summed E-state index contributed by atoms with van der Waals surface area (Å²) in [5.41, 5.74) is 0.831. The van der Waals surface area contributed by atoms with Gasteiger partial charge in [-0.1, -0.05) is 36.4 Å². The van der Waals surface area contributed by atoms with E-state index in [1.165, 1.54) is 0 Å². The van der Waals surface area contributed by atoms with E-state index in [0.717, 1.165) is 35.8 Å². The minimum Gasteiger partial charge on any atom is -0.338 e. The number of fused-ring (bicyclic) bond motifs is 1. The van der Waals surface area contributed by atoms with Gasteiger partial charge in [0, 0.05) is 18.7 Å². The SMILES string of the molecule is O=C(c1cccc2ccccc12)N1CCC1. The van der Waals surface area contributed by atoms with Crippen molar-refractivity contribution in [1.29, 1.82) is 0 Å². The molecule has 0 unspecified atom stereocenters. The lowest BCUT2D eigenvalue weighted by Gasteiger charge is -2.31. The van der Waals surface area contributed by atoms with Gasteiger partial charge in [0.05, 0.1) is 0 Å². The molecule has 0 bridgehead atoms. The number of hydrogen-bond donors (Lipinski definition) is 0. The van der Waals surface area contributed by atoms with Gasteiger partial charge in [-0.3, -0.25) is 4.79 Å². The zero-order valence-electron chi connectivity index (χ0n) is 9.02. The molecule has 1 saturated heterocycles. The Bertz CT molecular complexity index is 538. The number of nitrogens with zero attached hydrogens (tertiary/aromatic N) is 1.